The van der Waals surface area contributed by atoms with E-state index < -0.39 is 10.7 Å². The molecule has 0 saturated carbocycles. The number of anilines is 1. The number of nitrogens with zero attached hydrogens (tertiary/aromatic N) is 2. The molecular weight excluding hydrogens is 277 g/mol. The lowest BCUT2D eigenvalue weighted by Crippen LogP contribution is -2.43. The maximum atomic E-state index is 13.1. The number of carbonyl (C=O) groups excluding carboxylic acids is 1. The lowest BCUT2D eigenvalue weighted by molar-refractivity contribution is -0.384. The number of benzene rings is 1. The molecule has 1 aromatic rings. The summed E-state index contributed by atoms with van der Waals surface area (Å²) in [6.45, 7) is 6.28. The van der Waals surface area contributed by atoms with E-state index >= 15 is 0 Å². The summed E-state index contributed by atoms with van der Waals surface area (Å²) in [7, 11) is 0. The van der Waals surface area contributed by atoms with E-state index in [-0.39, 0.29) is 35.3 Å². The zero-order valence-electron chi connectivity index (χ0n) is 12.2. The number of rotatable bonds is 3. The van der Waals surface area contributed by atoms with Crippen LogP contribution in [-0.4, -0.2) is 33.9 Å². The fourth-order valence-electron chi connectivity index (χ4n) is 2.45. The van der Waals surface area contributed by atoms with E-state index in [0.717, 1.165) is 12.1 Å². The Kier molecular flexibility index (Phi) is 3.85. The molecule has 1 aromatic carbocycles. The van der Waals surface area contributed by atoms with Gasteiger partial charge in [-0.2, -0.15) is 0 Å². The second kappa shape index (κ2) is 5.31. The van der Waals surface area contributed by atoms with Crippen molar-refractivity contribution in [2.24, 2.45) is 0 Å². The Balaban J connectivity index is 2.17. The molecule has 1 aliphatic rings. The summed E-state index contributed by atoms with van der Waals surface area (Å²) in [6.07, 6.45) is 0.270. The van der Waals surface area contributed by atoms with Gasteiger partial charge in [0.25, 0.3) is 5.69 Å². The van der Waals surface area contributed by atoms with E-state index in [2.05, 4.69) is 5.32 Å². The molecule has 0 radical (unpaired) electrons. The van der Waals surface area contributed by atoms with E-state index in [1.807, 2.05) is 20.8 Å². The van der Waals surface area contributed by atoms with Crippen molar-refractivity contribution in [3.63, 3.8) is 0 Å². The number of nitro groups is 1. The molecule has 1 N–H and O–H groups in total. The van der Waals surface area contributed by atoms with Crippen LogP contribution in [0.3, 0.4) is 0 Å². The summed E-state index contributed by atoms with van der Waals surface area (Å²) in [5.41, 5.74) is -0.381. The Labute approximate surface area is 122 Å². The van der Waals surface area contributed by atoms with Gasteiger partial charge >= 0.3 is 0 Å². The first kappa shape index (κ1) is 15.2. The van der Waals surface area contributed by atoms with Gasteiger partial charge in [-0.05, 0) is 32.9 Å². The number of halogens is 1. The number of hydrogen-bond donors (Lipinski definition) is 1. The molecule has 1 atom stereocenters. The fourth-order valence-corrected chi connectivity index (χ4v) is 2.45. The molecule has 6 nitrogen and oxygen atoms in total. The molecule has 1 unspecified atom stereocenters. The lowest BCUT2D eigenvalue weighted by Gasteiger charge is -2.32. The molecule has 0 bridgehead atoms. The second-order valence-electron chi connectivity index (χ2n) is 6.14. The predicted octanol–water partition coefficient (Wildman–Crippen LogP) is 2.55. The SMILES string of the molecule is CC(C)(C)N1CC(Nc2ccc(F)cc2[N+](=O)[O-])CC1=O. The standard InChI is InChI=1S/C14H18FN3O3/c1-14(2,3)17-8-10(7-13(17)19)16-11-5-4-9(15)6-12(11)18(20)21/h4-6,10,16H,7-8H2,1-3H3. The quantitative estimate of drug-likeness (QED) is 0.687. The summed E-state index contributed by atoms with van der Waals surface area (Å²) in [5, 5.41) is 13.9. The molecule has 0 spiro atoms. The molecule has 1 saturated heterocycles. The van der Waals surface area contributed by atoms with Crippen molar-refractivity contribution in [1.29, 1.82) is 0 Å². The Hall–Kier alpha value is -2.18. The van der Waals surface area contributed by atoms with Crippen LogP contribution in [0.5, 0.6) is 0 Å². The summed E-state index contributed by atoms with van der Waals surface area (Å²) < 4.78 is 13.1. The van der Waals surface area contributed by atoms with Crippen molar-refractivity contribution in [3.05, 3.63) is 34.1 Å². The summed E-state index contributed by atoms with van der Waals surface area (Å²) in [5.74, 6) is -0.657. The molecule has 114 valence electrons. The number of nitro benzene ring substituents is 1. The van der Waals surface area contributed by atoms with Crippen molar-refractivity contribution in [1.82, 2.24) is 4.90 Å². The van der Waals surface area contributed by atoms with Crippen LogP contribution >= 0.6 is 0 Å². The Morgan fingerprint density at radius 1 is 1.43 bits per heavy atom. The summed E-state index contributed by atoms with van der Waals surface area (Å²) in [6, 6.07) is 3.15. The Morgan fingerprint density at radius 2 is 2.10 bits per heavy atom. The normalized spacial score (nSPS) is 19.0. The van der Waals surface area contributed by atoms with Gasteiger partial charge in [-0.25, -0.2) is 4.39 Å². The van der Waals surface area contributed by atoms with Gasteiger partial charge in [0.2, 0.25) is 5.91 Å². The van der Waals surface area contributed by atoms with Gasteiger partial charge in [0.15, 0.2) is 0 Å². The highest BCUT2D eigenvalue weighted by Crippen LogP contribution is 2.29. The highest BCUT2D eigenvalue weighted by Gasteiger charge is 2.36. The van der Waals surface area contributed by atoms with Crippen LogP contribution in [0.25, 0.3) is 0 Å². The third-order valence-electron chi connectivity index (χ3n) is 3.45. The van der Waals surface area contributed by atoms with Crippen LogP contribution in [0.4, 0.5) is 15.8 Å². The summed E-state index contributed by atoms with van der Waals surface area (Å²) >= 11 is 0. The summed E-state index contributed by atoms with van der Waals surface area (Å²) in [4.78, 5) is 24.0. The zero-order chi connectivity index (χ0) is 15.8. The van der Waals surface area contributed by atoms with Crippen LogP contribution in [0.1, 0.15) is 27.2 Å². The molecular formula is C14H18FN3O3. The molecule has 21 heavy (non-hydrogen) atoms. The van der Waals surface area contributed by atoms with Crippen molar-refractivity contribution in [2.45, 2.75) is 38.8 Å². The van der Waals surface area contributed by atoms with E-state index in [9.17, 15) is 19.3 Å². The first-order valence-electron chi connectivity index (χ1n) is 6.69. The van der Waals surface area contributed by atoms with E-state index in [0.29, 0.717) is 6.54 Å². The maximum absolute atomic E-state index is 13.1. The molecule has 2 rings (SSSR count). The molecule has 1 heterocycles. The minimum atomic E-state index is -0.661. The van der Waals surface area contributed by atoms with Crippen LogP contribution in [0.15, 0.2) is 18.2 Å². The van der Waals surface area contributed by atoms with Crippen LogP contribution < -0.4 is 5.32 Å². The van der Waals surface area contributed by atoms with Crippen molar-refractivity contribution in [3.8, 4) is 0 Å². The topological polar surface area (TPSA) is 75.5 Å². The third-order valence-corrected chi connectivity index (χ3v) is 3.45. The average Bonchev–Trinajstić information content (AvgIpc) is 2.72. The van der Waals surface area contributed by atoms with Gasteiger partial charge in [-0.1, -0.05) is 0 Å². The minimum absolute atomic E-state index is 0.00441. The number of hydrogen-bond acceptors (Lipinski definition) is 4. The number of nitrogens with one attached hydrogen (secondary N) is 1. The zero-order valence-corrected chi connectivity index (χ0v) is 12.2. The maximum Gasteiger partial charge on any atom is 0.295 e. The fraction of sp³-hybridized carbons (Fsp3) is 0.500. The first-order chi connectivity index (χ1) is 9.68. The van der Waals surface area contributed by atoms with Gasteiger partial charge in [0.1, 0.15) is 11.5 Å². The second-order valence-corrected chi connectivity index (χ2v) is 6.14. The van der Waals surface area contributed by atoms with Gasteiger partial charge in [-0.3, -0.25) is 14.9 Å². The molecule has 1 aliphatic heterocycles. The highest BCUT2D eigenvalue weighted by molar-refractivity contribution is 5.81. The van der Waals surface area contributed by atoms with E-state index in [4.69, 9.17) is 0 Å². The number of amides is 1. The number of carbonyl (C=O) groups is 1. The molecule has 0 aromatic heterocycles. The lowest BCUT2D eigenvalue weighted by atomic mass is 10.1. The Morgan fingerprint density at radius 3 is 2.62 bits per heavy atom. The van der Waals surface area contributed by atoms with Crippen LogP contribution in [0, 0.1) is 15.9 Å². The van der Waals surface area contributed by atoms with E-state index in [1.165, 1.54) is 6.07 Å². The van der Waals surface area contributed by atoms with Gasteiger partial charge in [0.05, 0.1) is 17.0 Å². The average molecular weight is 295 g/mol. The predicted molar refractivity (Wildman–Crippen MR) is 76.5 cm³/mol. The van der Waals surface area contributed by atoms with Crippen molar-refractivity contribution >= 4 is 17.3 Å². The van der Waals surface area contributed by atoms with Crippen molar-refractivity contribution < 1.29 is 14.1 Å². The molecule has 1 fully saturated rings. The van der Waals surface area contributed by atoms with Gasteiger partial charge < -0.3 is 10.2 Å². The van der Waals surface area contributed by atoms with Gasteiger partial charge in [0, 0.05) is 18.5 Å². The largest absolute Gasteiger partial charge is 0.374 e. The van der Waals surface area contributed by atoms with Crippen molar-refractivity contribution in [2.75, 3.05) is 11.9 Å². The minimum Gasteiger partial charge on any atom is -0.374 e. The molecule has 0 aliphatic carbocycles. The van der Waals surface area contributed by atoms with Crippen LogP contribution in [-0.2, 0) is 4.79 Å². The van der Waals surface area contributed by atoms with E-state index in [1.54, 1.807) is 4.90 Å². The first-order valence-corrected chi connectivity index (χ1v) is 6.69. The van der Waals surface area contributed by atoms with Crippen LogP contribution in [0.2, 0.25) is 0 Å². The van der Waals surface area contributed by atoms with Gasteiger partial charge in [-0.15, -0.1) is 0 Å². The Bertz CT molecular complexity index is 583. The monoisotopic (exact) mass is 295 g/mol. The smallest absolute Gasteiger partial charge is 0.295 e. The number of likely N-dealkylation sites (tertiary alicyclic amines) is 1. The molecule has 7 heteroatoms. The highest BCUT2D eigenvalue weighted by atomic mass is 19.1. The molecule has 1 amide bonds. The third kappa shape index (κ3) is 3.29.